The SMILES string of the molecule is Cc1cc2c(cc1C)C1(c3ccccc3-c3ccccc31)c1c(C)c(C)cc(N(c3ccc(-c4cccc(-c5ccccc5)c4)cc3)c3ccc(-c4cccc5c4sc4ccccc45)cc3)c1-2. The second kappa shape index (κ2) is 15.1. The maximum Gasteiger partial charge on any atom is 0.0729 e. The zero-order valence-electron chi connectivity index (χ0n) is 38.1. The highest BCUT2D eigenvalue weighted by atomic mass is 32.1. The van der Waals surface area contributed by atoms with Crippen molar-refractivity contribution in [3.63, 3.8) is 0 Å². The fourth-order valence-electron chi connectivity index (χ4n) is 11.6. The summed E-state index contributed by atoms with van der Waals surface area (Å²) in [6.07, 6.45) is 0. The Balaban J connectivity index is 1.04. The Kier molecular flexibility index (Phi) is 8.94. The molecule has 13 rings (SSSR count). The summed E-state index contributed by atoms with van der Waals surface area (Å²) in [6, 6.07) is 79.5. The Hall–Kier alpha value is -7.78. The molecule has 0 unspecified atom stereocenters. The lowest BCUT2D eigenvalue weighted by Crippen LogP contribution is -2.27. The molecule has 0 fully saturated rings. The number of nitrogens with zero attached hydrogens (tertiary/aromatic N) is 1. The molecule has 2 aliphatic carbocycles. The second-order valence-electron chi connectivity index (χ2n) is 18.6. The summed E-state index contributed by atoms with van der Waals surface area (Å²) < 4.78 is 2.65. The van der Waals surface area contributed by atoms with Crippen LogP contribution in [0.15, 0.2) is 212 Å². The molecule has 11 aromatic rings. The summed E-state index contributed by atoms with van der Waals surface area (Å²) in [5, 5.41) is 2.64. The maximum atomic E-state index is 2.53. The van der Waals surface area contributed by atoms with Crippen LogP contribution >= 0.6 is 11.3 Å². The van der Waals surface area contributed by atoms with Gasteiger partial charge in [-0.3, -0.25) is 0 Å². The zero-order chi connectivity index (χ0) is 45.0. The first-order valence-electron chi connectivity index (χ1n) is 23.4. The van der Waals surface area contributed by atoms with Crippen molar-refractivity contribution in [2.45, 2.75) is 33.1 Å². The first kappa shape index (κ1) is 39.6. The number of fused-ring (bicyclic) bond motifs is 13. The standard InChI is InChI=1S/C65H47NS/c1-40-36-56-59(37-41(40)2)65(57-25-11-8-20-52(57)53-21-9-12-26-58(53)65)63-43(4)42(3)38-60(62(56)63)66(49-32-28-45(29-33-49)48-19-14-18-47(39-48)44-16-6-5-7-17-44)50-34-30-46(31-35-50)51-23-15-24-55-54-22-10-13-27-61(54)67-64(51)55/h5-39H,1-4H3. The molecule has 0 aliphatic heterocycles. The number of thiophene rings is 1. The smallest absolute Gasteiger partial charge is 0.0729 e. The van der Waals surface area contributed by atoms with Crippen LogP contribution < -0.4 is 4.90 Å². The second-order valence-corrected chi connectivity index (χ2v) is 19.6. The highest BCUT2D eigenvalue weighted by molar-refractivity contribution is 7.26. The fourth-order valence-corrected chi connectivity index (χ4v) is 12.8. The first-order valence-corrected chi connectivity index (χ1v) is 24.2. The molecule has 0 atom stereocenters. The largest absolute Gasteiger partial charge is 0.310 e. The van der Waals surface area contributed by atoms with E-state index in [0.717, 1.165) is 11.4 Å². The molecule has 318 valence electrons. The molecule has 0 bridgehead atoms. The van der Waals surface area contributed by atoms with E-state index in [4.69, 9.17) is 0 Å². The quantitative estimate of drug-likeness (QED) is 0.161. The number of aryl methyl sites for hydroxylation is 3. The van der Waals surface area contributed by atoms with Crippen molar-refractivity contribution in [2.24, 2.45) is 0 Å². The summed E-state index contributed by atoms with van der Waals surface area (Å²) >= 11 is 1.89. The third-order valence-corrected chi connectivity index (χ3v) is 16.2. The molecule has 2 aliphatic rings. The van der Waals surface area contributed by atoms with Crippen molar-refractivity contribution < 1.29 is 0 Å². The van der Waals surface area contributed by atoms with Gasteiger partial charge in [-0.15, -0.1) is 11.3 Å². The lowest BCUT2D eigenvalue weighted by molar-refractivity contribution is 0.783. The van der Waals surface area contributed by atoms with Crippen LogP contribution in [0.4, 0.5) is 17.1 Å². The summed E-state index contributed by atoms with van der Waals surface area (Å²) in [6.45, 7) is 9.23. The third kappa shape index (κ3) is 5.86. The molecule has 0 saturated carbocycles. The van der Waals surface area contributed by atoms with Gasteiger partial charge in [0.05, 0.1) is 11.1 Å². The average Bonchev–Trinajstić information content (AvgIpc) is 4.01. The van der Waals surface area contributed by atoms with Crippen molar-refractivity contribution in [1.82, 2.24) is 0 Å². The number of anilines is 3. The van der Waals surface area contributed by atoms with Crippen molar-refractivity contribution in [3.05, 3.63) is 257 Å². The maximum absolute atomic E-state index is 2.53. The van der Waals surface area contributed by atoms with Crippen molar-refractivity contribution >= 4 is 48.6 Å². The highest BCUT2D eigenvalue weighted by Gasteiger charge is 2.53. The van der Waals surface area contributed by atoms with E-state index >= 15 is 0 Å². The van der Waals surface area contributed by atoms with Crippen LogP contribution in [0, 0.1) is 27.7 Å². The van der Waals surface area contributed by atoms with Gasteiger partial charge in [-0.1, -0.05) is 170 Å². The number of benzene rings is 10. The number of hydrogen-bond donors (Lipinski definition) is 0. The van der Waals surface area contributed by atoms with E-state index in [0.29, 0.717) is 0 Å². The zero-order valence-corrected chi connectivity index (χ0v) is 38.9. The molecule has 1 nitrogen and oxygen atoms in total. The molecule has 0 N–H and O–H groups in total. The van der Waals surface area contributed by atoms with E-state index in [1.807, 2.05) is 11.3 Å². The van der Waals surface area contributed by atoms with Crippen molar-refractivity contribution in [2.75, 3.05) is 4.90 Å². The Morgan fingerprint density at radius 3 is 1.61 bits per heavy atom. The van der Waals surface area contributed by atoms with E-state index in [2.05, 4.69) is 245 Å². The van der Waals surface area contributed by atoms with Gasteiger partial charge in [-0.25, -0.2) is 0 Å². The normalized spacial score (nSPS) is 12.9. The molecule has 0 radical (unpaired) electrons. The molecular weight excluding hydrogens is 827 g/mol. The van der Waals surface area contributed by atoms with Gasteiger partial charge in [-0.05, 0) is 165 Å². The van der Waals surface area contributed by atoms with Gasteiger partial charge in [0.1, 0.15) is 0 Å². The Morgan fingerprint density at radius 1 is 0.373 bits per heavy atom. The van der Waals surface area contributed by atoms with Gasteiger partial charge in [0.2, 0.25) is 0 Å². The van der Waals surface area contributed by atoms with Gasteiger partial charge in [0.25, 0.3) is 0 Å². The first-order chi connectivity index (χ1) is 32.9. The van der Waals surface area contributed by atoms with Crippen LogP contribution in [0.1, 0.15) is 44.5 Å². The topological polar surface area (TPSA) is 3.24 Å². The predicted octanol–water partition coefficient (Wildman–Crippen LogP) is 18.1. The molecule has 0 saturated heterocycles. The van der Waals surface area contributed by atoms with E-state index in [9.17, 15) is 0 Å². The van der Waals surface area contributed by atoms with Gasteiger partial charge >= 0.3 is 0 Å². The van der Waals surface area contributed by atoms with Gasteiger partial charge < -0.3 is 4.90 Å². The Morgan fingerprint density at radius 2 is 0.910 bits per heavy atom. The lowest BCUT2D eigenvalue weighted by Gasteiger charge is -2.34. The fraction of sp³-hybridized carbons (Fsp3) is 0.0769. The molecule has 67 heavy (non-hydrogen) atoms. The molecule has 2 heteroatoms. The minimum Gasteiger partial charge on any atom is -0.310 e. The van der Waals surface area contributed by atoms with Crippen LogP contribution in [0.5, 0.6) is 0 Å². The monoisotopic (exact) mass is 873 g/mol. The molecule has 1 aromatic heterocycles. The van der Waals surface area contributed by atoms with E-state index < -0.39 is 5.41 Å². The molecular formula is C65H47NS. The average molecular weight is 874 g/mol. The van der Waals surface area contributed by atoms with E-state index in [1.165, 1.54) is 126 Å². The van der Waals surface area contributed by atoms with Crippen LogP contribution in [-0.4, -0.2) is 0 Å². The van der Waals surface area contributed by atoms with Crippen LogP contribution in [0.3, 0.4) is 0 Å². The molecule has 0 amide bonds. The number of hydrogen-bond acceptors (Lipinski definition) is 2. The summed E-state index contributed by atoms with van der Waals surface area (Å²) in [4.78, 5) is 2.53. The van der Waals surface area contributed by atoms with E-state index in [1.54, 1.807) is 0 Å². The summed E-state index contributed by atoms with van der Waals surface area (Å²) in [5.41, 5.74) is 26.3. The van der Waals surface area contributed by atoms with Crippen LogP contribution in [0.25, 0.3) is 75.8 Å². The van der Waals surface area contributed by atoms with E-state index in [-0.39, 0.29) is 0 Å². The summed E-state index contributed by atoms with van der Waals surface area (Å²) in [7, 11) is 0. The Bertz CT molecular complexity index is 3730. The minimum atomic E-state index is -0.465. The minimum absolute atomic E-state index is 0.465. The van der Waals surface area contributed by atoms with Gasteiger partial charge in [-0.2, -0.15) is 0 Å². The lowest BCUT2D eigenvalue weighted by atomic mass is 9.68. The van der Waals surface area contributed by atoms with Gasteiger partial charge in [0.15, 0.2) is 0 Å². The third-order valence-electron chi connectivity index (χ3n) is 15.0. The molecule has 1 heterocycles. The highest BCUT2D eigenvalue weighted by Crippen LogP contribution is 2.66. The van der Waals surface area contributed by atoms with Crippen molar-refractivity contribution in [3.8, 4) is 55.6 Å². The van der Waals surface area contributed by atoms with Crippen LogP contribution in [0.2, 0.25) is 0 Å². The van der Waals surface area contributed by atoms with Gasteiger partial charge in [0, 0.05) is 37.1 Å². The summed E-state index contributed by atoms with van der Waals surface area (Å²) in [5.74, 6) is 0. The van der Waals surface area contributed by atoms with Crippen molar-refractivity contribution in [1.29, 1.82) is 0 Å². The van der Waals surface area contributed by atoms with Crippen LogP contribution in [-0.2, 0) is 5.41 Å². The predicted molar refractivity (Wildman–Crippen MR) is 286 cm³/mol. The molecule has 1 spiro atoms. The number of rotatable bonds is 6. The molecule has 10 aromatic carbocycles. The Labute approximate surface area is 396 Å².